The summed E-state index contributed by atoms with van der Waals surface area (Å²) < 4.78 is 28.0. The number of aryl methyl sites for hydroxylation is 1. The lowest BCUT2D eigenvalue weighted by Gasteiger charge is -2.37. The molecule has 0 bridgehead atoms. The number of nitrogens with one attached hydrogen (secondary N) is 1. The molecule has 1 heterocycles. The van der Waals surface area contributed by atoms with Gasteiger partial charge in [0.05, 0.1) is 4.90 Å². The highest BCUT2D eigenvalue weighted by molar-refractivity contribution is 7.89. The second-order valence-electron chi connectivity index (χ2n) is 9.98. The number of sulfonamides is 1. The molecule has 1 saturated carbocycles. The van der Waals surface area contributed by atoms with Crippen LogP contribution >= 0.6 is 0 Å². The molecule has 1 amide bonds. The first-order valence-corrected chi connectivity index (χ1v) is 13.7. The van der Waals surface area contributed by atoms with Gasteiger partial charge in [-0.25, -0.2) is 8.42 Å². The summed E-state index contributed by atoms with van der Waals surface area (Å²) in [5.74, 6) is 0.559. The Bertz CT molecular complexity index is 1060. The molecule has 6 heteroatoms. The zero-order valence-electron chi connectivity index (χ0n) is 19.8. The van der Waals surface area contributed by atoms with Crippen LogP contribution in [0, 0.1) is 12.3 Å². The molecule has 1 saturated heterocycles. The second-order valence-corrected chi connectivity index (χ2v) is 11.9. The molecular weight excluding hydrogens is 432 g/mol. The van der Waals surface area contributed by atoms with E-state index in [-0.39, 0.29) is 5.91 Å². The molecule has 1 aliphatic heterocycles. The quantitative estimate of drug-likeness (QED) is 0.638. The highest BCUT2D eigenvalue weighted by Gasteiger charge is 2.40. The number of carbonyl (C=O) groups is 1. The van der Waals surface area contributed by atoms with Crippen LogP contribution < -0.4 is 5.32 Å². The molecule has 2 aliphatic rings. The zero-order valence-corrected chi connectivity index (χ0v) is 20.7. The molecule has 0 atom stereocenters. The van der Waals surface area contributed by atoms with E-state index in [0.717, 1.165) is 11.1 Å². The van der Waals surface area contributed by atoms with E-state index < -0.39 is 15.4 Å². The molecule has 5 nitrogen and oxygen atoms in total. The van der Waals surface area contributed by atoms with E-state index in [4.69, 9.17) is 0 Å². The minimum atomic E-state index is -3.54. The standard InChI is InChI=1S/C27H36N2O3S/c1-21-8-6-7-11-24(21)20-28-26(30)27(2)16-18-29(19-17-27)33(31,32)25-14-12-23(13-15-25)22-9-4-3-5-10-22/h6-8,11-15,22H,3-5,9-10,16-20H2,1-2H3,(H,28,30). The summed E-state index contributed by atoms with van der Waals surface area (Å²) in [6, 6.07) is 15.5. The number of hydrogen-bond acceptors (Lipinski definition) is 3. The largest absolute Gasteiger partial charge is 0.352 e. The van der Waals surface area contributed by atoms with Crippen molar-refractivity contribution in [2.24, 2.45) is 5.41 Å². The Kier molecular flexibility index (Phi) is 7.25. The molecule has 2 fully saturated rings. The maximum Gasteiger partial charge on any atom is 0.243 e. The Balaban J connectivity index is 1.36. The molecule has 178 valence electrons. The molecule has 1 N–H and O–H groups in total. The summed E-state index contributed by atoms with van der Waals surface area (Å²) >= 11 is 0. The van der Waals surface area contributed by atoms with Gasteiger partial charge in [0.25, 0.3) is 0 Å². The van der Waals surface area contributed by atoms with Crippen LogP contribution in [-0.2, 0) is 21.4 Å². The van der Waals surface area contributed by atoms with Crippen LogP contribution in [-0.4, -0.2) is 31.7 Å². The van der Waals surface area contributed by atoms with E-state index >= 15 is 0 Å². The van der Waals surface area contributed by atoms with Gasteiger partial charge in [0, 0.05) is 25.0 Å². The second kappa shape index (κ2) is 9.98. The normalized spacial score (nSPS) is 19.8. The van der Waals surface area contributed by atoms with Crippen molar-refractivity contribution in [2.45, 2.75) is 76.2 Å². The predicted molar refractivity (Wildman–Crippen MR) is 131 cm³/mol. The Hall–Kier alpha value is -2.18. The van der Waals surface area contributed by atoms with Crippen LogP contribution in [0.5, 0.6) is 0 Å². The van der Waals surface area contributed by atoms with E-state index in [1.165, 1.54) is 37.7 Å². The van der Waals surface area contributed by atoms with Crippen molar-refractivity contribution in [3.8, 4) is 0 Å². The van der Waals surface area contributed by atoms with E-state index in [1.807, 2.05) is 50.2 Å². The van der Waals surface area contributed by atoms with Gasteiger partial charge < -0.3 is 5.32 Å². The highest BCUT2D eigenvalue weighted by atomic mass is 32.2. The Morgan fingerprint density at radius 3 is 2.27 bits per heavy atom. The molecule has 0 spiro atoms. The first-order chi connectivity index (χ1) is 15.8. The van der Waals surface area contributed by atoms with Crippen molar-refractivity contribution in [1.29, 1.82) is 0 Å². The van der Waals surface area contributed by atoms with Crippen LogP contribution in [0.25, 0.3) is 0 Å². The van der Waals surface area contributed by atoms with Crippen LogP contribution in [0.15, 0.2) is 53.4 Å². The number of carbonyl (C=O) groups excluding carboxylic acids is 1. The maximum atomic E-state index is 13.2. The minimum Gasteiger partial charge on any atom is -0.352 e. The van der Waals surface area contributed by atoms with Crippen molar-refractivity contribution < 1.29 is 13.2 Å². The van der Waals surface area contributed by atoms with Gasteiger partial charge in [-0.1, -0.05) is 62.6 Å². The molecule has 2 aromatic rings. The highest BCUT2D eigenvalue weighted by Crippen LogP contribution is 2.35. The number of nitrogens with zero attached hydrogens (tertiary/aromatic N) is 1. The molecule has 4 rings (SSSR count). The third-order valence-electron chi connectivity index (χ3n) is 7.67. The van der Waals surface area contributed by atoms with Gasteiger partial charge in [-0.3, -0.25) is 4.79 Å². The molecule has 0 radical (unpaired) electrons. The van der Waals surface area contributed by atoms with Crippen molar-refractivity contribution in [1.82, 2.24) is 9.62 Å². The first-order valence-electron chi connectivity index (χ1n) is 12.2. The van der Waals surface area contributed by atoms with Crippen molar-refractivity contribution in [3.05, 3.63) is 65.2 Å². The minimum absolute atomic E-state index is 0.000337. The monoisotopic (exact) mass is 468 g/mol. The van der Waals surface area contributed by atoms with Gasteiger partial charge in [-0.05, 0) is 67.3 Å². The Labute approximate surface area is 198 Å². The van der Waals surface area contributed by atoms with Crippen LogP contribution in [0.3, 0.4) is 0 Å². The average Bonchev–Trinajstić information content (AvgIpc) is 2.84. The van der Waals surface area contributed by atoms with Gasteiger partial charge in [-0.2, -0.15) is 4.31 Å². The fraction of sp³-hybridized carbons (Fsp3) is 0.519. The summed E-state index contributed by atoms with van der Waals surface area (Å²) in [7, 11) is -3.54. The molecule has 1 aliphatic carbocycles. The average molecular weight is 469 g/mol. The lowest BCUT2D eigenvalue weighted by molar-refractivity contribution is -0.132. The summed E-state index contributed by atoms with van der Waals surface area (Å²) in [5.41, 5.74) is 2.95. The van der Waals surface area contributed by atoms with Crippen LogP contribution in [0.4, 0.5) is 0 Å². The fourth-order valence-corrected chi connectivity index (χ4v) is 6.58. The van der Waals surface area contributed by atoms with Gasteiger partial charge in [0.1, 0.15) is 0 Å². The number of rotatable bonds is 6. The summed E-state index contributed by atoms with van der Waals surface area (Å²) in [6.07, 6.45) is 7.26. The molecule has 33 heavy (non-hydrogen) atoms. The van der Waals surface area contributed by atoms with Gasteiger partial charge in [0.15, 0.2) is 0 Å². The van der Waals surface area contributed by atoms with Gasteiger partial charge >= 0.3 is 0 Å². The summed E-state index contributed by atoms with van der Waals surface area (Å²) in [6.45, 7) is 5.20. The SMILES string of the molecule is Cc1ccccc1CNC(=O)C1(C)CCN(S(=O)(=O)c2ccc(C3CCCCC3)cc2)CC1. The van der Waals surface area contributed by atoms with Crippen molar-refractivity contribution >= 4 is 15.9 Å². The van der Waals surface area contributed by atoms with E-state index in [2.05, 4.69) is 5.32 Å². The van der Waals surface area contributed by atoms with Gasteiger partial charge in [-0.15, -0.1) is 0 Å². The third kappa shape index (κ3) is 5.33. The first kappa shape index (κ1) is 24.0. The Morgan fingerprint density at radius 2 is 1.64 bits per heavy atom. The lowest BCUT2D eigenvalue weighted by Crippen LogP contribution is -2.48. The van der Waals surface area contributed by atoms with Crippen molar-refractivity contribution in [3.63, 3.8) is 0 Å². The molecule has 2 aromatic carbocycles. The number of benzene rings is 2. The predicted octanol–water partition coefficient (Wildman–Crippen LogP) is 5.15. The van der Waals surface area contributed by atoms with E-state index in [0.29, 0.717) is 43.3 Å². The van der Waals surface area contributed by atoms with E-state index in [9.17, 15) is 13.2 Å². The molecular formula is C27H36N2O3S. The summed E-state index contributed by atoms with van der Waals surface area (Å²) in [4.78, 5) is 13.3. The van der Waals surface area contributed by atoms with Gasteiger partial charge in [0.2, 0.25) is 15.9 Å². The smallest absolute Gasteiger partial charge is 0.243 e. The van der Waals surface area contributed by atoms with Crippen LogP contribution in [0.1, 0.15) is 74.5 Å². The number of hydrogen-bond donors (Lipinski definition) is 1. The Morgan fingerprint density at radius 1 is 1.00 bits per heavy atom. The molecule has 0 aromatic heterocycles. The number of piperidine rings is 1. The third-order valence-corrected chi connectivity index (χ3v) is 9.58. The topological polar surface area (TPSA) is 66.5 Å². The number of amides is 1. The van der Waals surface area contributed by atoms with Crippen molar-refractivity contribution in [2.75, 3.05) is 13.1 Å². The molecule has 0 unspecified atom stereocenters. The lowest BCUT2D eigenvalue weighted by atomic mass is 9.80. The zero-order chi connectivity index (χ0) is 23.5. The maximum absolute atomic E-state index is 13.2. The van der Waals surface area contributed by atoms with E-state index in [1.54, 1.807) is 16.4 Å². The summed E-state index contributed by atoms with van der Waals surface area (Å²) in [5, 5.41) is 3.07. The van der Waals surface area contributed by atoms with Crippen LogP contribution in [0.2, 0.25) is 0 Å². The fourth-order valence-electron chi connectivity index (χ4n) is 5.14.